The first-order valence-corrected chi connectivity index (χ1v) is 4.11. The quantitative estimate of drug-likeness (QED) is 0.691. The standard InChI is InChI=1S/C9H10N2O4/c1-5-7(2-6(10)3-11-5)9(14)15-4-8(12)13/h2-3H,4,10H2,1H3,(H,12,13). The van der Waals surface area contributed by atoms with Crippen molar-refractivity contribution in [3.8, 4) is 0 Å². The number of aromatic nitrogens is 1. The molecule has 6 nitrogen and oxygen atoms in total. The molecule has 0 bridgehead atoms. The van der Waals surface area contributed by atoms with Gasteiger partial charge in [0.25, 0.3) is 0 Å². The van der Waals surface area contributed by atoms with Gasteiger partial charge in [-0.05, 0) is 13.0 Å². The van der Waals surface area contributed by atoms with Crippen LogP contribution in [0.15, 0.2) is 12.3 Å². The molecule has 0 saturated heterocycles. The second-order valence-corrected chi connectivity index (χ2v) is 2.87. The summed E-state index contributed by atoms with van der Waals surface area (Å²) in [5.41, 5.74) is 6.38. The molecule has 80 valence electrons. The minimum Gasteiger partial charge on any atom is -0.479 e. The zero-order valence-corrected chi connectivity index (χ0v) is 8.06. The lowest BCUT2D eigenvalue weighted by Crippen LogP contribution is -2.14. The molecule has 0 radical (unpaired) electrons. The van der Waals surface area contributed by atoms with Gasteiger partial charge in [-0.3, -0.25) is 4.98 Å². The lowest BCUT2D eigenvalue weighted by molar-refractivity contribution is -0.140. The monoisotopic (exact) mass is 210 g/mol. The van der Waals surface area contributed by atoms with Crippen LogP contribution < -0.4 is 5.73 Å². The average Bonchev–Trinajstić information content (AvgIpc) is 2.18. The highest BCUT2D eigenvalue weighted by molar-refractivity contribution is 5.92. The van der Waals surface area contributed by atoms with Crippen LogP contribution in [0.2, 0.25) is 0 Å². The maximum Gasteiger partial charge on any atom is 0.341 e. The topological polar surface area (TPSA) is 103 Å². The molecular formula is C9H10N2O4. The number of hydrogen-bond donors (Lipinski definition) is 2. The maximum atomic E-state index is 11.3. The van der Waals surface area contributed by atoms with Gasteiger partial charge in [0.2, 0.25) is 0 Å². The first-order chi connectivity index (χ1) is 7.00. The summed E-state index contributed by atoms with van der Waals surface area (Å²) in [7, 11) is 0. The van der Waals surface area contributed by atoms with Crippen molar-refractivity contribution in [2.24, 2.45) is 0 Å². The van der Waals surface area contributed by atoms with E-state index in [2.05, 4.69) is 9.72 Å². The zero-order valence-electron chi connectivity index (χ0n) is 8.06. The molecule has 15 heavy (non-hydrogen) atoms. The van der Waals surface area contributed by atoms with E-state index in [4.69, 9.17) is 10.8 Å². The number of aryl methyl sites for hydroxylation is 1. The van der Waals surface area contributed by atoms with Gasteiger partial charge in [-0.15, -0.1) is 0 Å². The number of aliphatic carboxylic acids is 1. The van der Waals surface area contributed by atoms with Crippen molar-refractivity contribution >= 4 is 17.6 Å². The minimum atomic E-state index is -1.21. The van der Waals surface area contributed by atoms with E-state index in [0.29, 0.717) is 11.4 Å². The Hall–Kier alpha value is -2.11. The Balaban J connectivity index is 2.81. The lowest BCUT2D eigenvalue weighted by Gasteiger charge is -2.04. The van der Waals surface area contributed by atoms with Crippen molar-refractivity contribution in [1.29, 1.82) is 0 Å². The molecule has 0 aliphatic carbocycles. The first-order valence-electron chi connectivity index (χ1n) is 4.11. The molecule has 0 aliphatic heterocycles. The van der Waals surface area contributed by atoms with Crippen LogP contribution in [0.4, 0.5) is 5.69 Å². The SMILES string of the molecule is Cc1ncc(N)cc1C(=O)OCC(=O)O. The molecule has 0 aliphatic rings. The molecule has 1 rings (SSSR count). The summed E-state index contributed by atoms with van der Waals surface area (Å²) in [6.45, 7) is 0.934. The number of carbonyl (C=O) groups is 2. The van der Waals surface area contributed by atoms with E-state index in [9.17, 15) is 9.59 Å². The highest BCUT2D eigenvalue weighted by Gasteiger charge is 2.13. The summed E-state index contributed by atoms with van der Waals surface area (Å²) in [6, 6.07) is 1.40. The van der Waals surface area contributed by atoms with Gasteiger partial charge in [0.05, 0.1) is 23.1 Å². The number of rotatable bonds is 3. The van der Waals surface area contributed by atoms with Gasteiger partial charge in [-0.25, -0.2) is 9.59 Å². The molecule has 6 heteroatoms. The third-order valence-corrected chi connectivity index (χ3v) is 1.65. The van der Waals surface area contributed by atoms with Crippen molar-refractivity contribution in [1.82, 2.24) is 4.98 Å². The number of carbonyl (C=O) groups excluding carboxylic acids is 1. The summed E-state index contributed by atoms with van der Waals surface area (Å²) in [6.07, 6.45) is 1.41. The Labute approximate surface area is 85.7 Å². The number of carboxylic acid groups (broad SMARTS) is 1. The van der Waals surface area contributed by atoms with Crippen molar-refractivity contribution in [2.45, 2.75) is 6.92 Å². The number of ether oxygens (including phenoxy) is 1. The first kappa shape index (κ1) is 11.0. The van der Waals surface area contributed by atoms with Crippen LogP contribution in [0, 0.1) is 6.92 Å². The van der Waals surface area contributed by atoms with Gasteiger partial charge in [0, 0.05) is 0 Å². The summed E-state index contributed by atoms with van der Waals surface area (Å²) in [4.78, 5) is 25.4. The Morgan fingerprint density at radius 3 is 2.87 bits per heavy atom. The van der Waals surface area contributed by atoms with Crippen LogP contribution in [-0.4, -0.2) is 28.6 Å². The van der Waals surface area contributed by atoms with Gasteiger partial charge < -0.3 is 15.6 Å². The van der Waals surface area contributed by atoms with Crippen molar-refractivity contribution in [3.63, 3.8) is 0 Å². The zero-order chi connectivity index (χ0) is 11.4. The van der Waals surface area contributed by atoms with E-state index < -0.39 is 18.5 Å². The maximum absolute atomic E-state index is 11.3. The fourth-order valence-corrected chi connectivity index (χ4v) is 0.961. The molecule has 0 aromatic carbocycles. The molecule has 0 saturated carbocycles. The molecule has 3 N–H and O–H groups in total. The molecule has 1 aromatic rings. The highest BCUT2D eigenvalue weighted by Crippen LogP contribution is 2.10. The van der Waals surface area contributed by atoms with Crippen molar-refractivity contribution < 1.29 is 19.4 Å². The van der Waals surface area contributed by atoms with E-state index in [-0.39, 0.29) is 5.56 Å². The second-order valence-electron chi connectivity index (χ2n) is 2.87. The second kappa shape index (κ2) is 4.41. The van der Waals surface area contributed by atoms with Crippen LogP contribution in [0.25, 0.3) is 0 Å². The molecule has 0 amide bonds. The van der Waals surface area contributed by atoms with E-state index in [1.807, 2.05) is 0 Å². The fraction of sp³-hybridized carbons (Fsp3) is 0.222. The molecular weight excluding hydrogens is 200 g/mol. The van der Waals surface area contributed by atoms with Crippen LogP contribution in [0.3, 0.4) is 0 Å². The Kier molecular flexibility index (Phi) is 3.22. The largest absolute Gasteiger partial charge is 0.479 e. The smallest absolute Gasteiger partial charge is 0.341 e. The Morgan fingerprint density at radius 2 is 2.27 bits per heavy atom. The third-order valence-electron chi connectivity index (χ3n) is 1.65. The number of esters is 1. The molecule has 0 unspecified atom stereocenters. The number of pyridine rings is 1. The fourth-order valence-electron chi connectivity index (χ4n) is 0.961. The number of anilines is 1. The van der Waals surface area contributed by atoms with Crippen LogP contribution >= 0.6 is 0 Å². The third kappa shape index (κ3) is 2.94. The molecule has 0 spiro atoms. The van der Waals surface area contributed by atoms with Gasteiger partial charge in [0.15, 0.2) is 6.61 Å². The predicted octanol–water partition coefficient (Wildman–Crippen LogP) is 0.214. The number of carboxylic acids is 1. The van der Waals surface area contributed by atoms with Gasteiger partial charge in [0.1, 0.15) is 0 Å². The van der Waals surface area contributed by atoms with Gasteiger partial charge in [-0.1, -0.05) is 0 Å². The van der Waals surface area contributed by atoms with E-state index >= 15 is 0 Å². The van der Waals surface area contributed by atoms with Crippen LogP contribution in [0.5, 0.6) is 0 Å². The van der Waals surface area contributed by atoms with E-state index in [1.54, 1.807) is 6.92 Å². The predicted molar refractivity (Wildman–Crippen MR) is 51.3 cm³/mol. The number of nitrogen functional groups attached to an aromatic ring is 1. The Bertz CT molecular complexity index is 403. The average molecular weight is 210 g/mol. The van der Waals surface area contributed by atoms with Crippen molar-refractivity contribution in [3.05, 3.63) is 23.5 Å². The summed E-state index contributed by atoms with van der Waals surface area (Å²) in [5.74, 6) is -1.95. The number of nitrogens with zero attached hydrogens (tertiary/aromatic N) is 1. The summed E-state index contributed by atoms with van der Waals surface area (Å²) < 4.78 is 4.49. The molecule has 0 atom stereocenters. The number of hydrogen-bond acceptors (Lipinski definition) is 5. The van der Waals surface area contributed by atoms with Crippen LogP contribution in [-0.2, 0) is 9.53 Å². The van der Waals surface area contributed by atoms with Gasteiger partial charge >= 0.3 is 11.9 Å². The van der Waals surface area contributed by atoms with E-state index in [1.165, 1.54) is 12.3 Å². The highest BCUT2D eigenvalue weighted by atomic mass is 16.5. The summed E-state index contributed by atoms with van der Waals surface area (Å²) >= 11 is 0. The van der Waals surface area contributed by atoms with Gasteiger partial charge in [-0.2, -0.15) is 0 Å². The summed E-state index contributed by atoms with van der Waals surface area (Å²) in [5, 5.41) is 8.32. The normalized spacial score (nSPS) is 9.67. The van der Waals surface area contributed by atoms with Crippen molar-refractivity contribution in [2.75, 3.05) is 12.3 Å². The van der Waals surface area contributed by atoms with Crippen LogP contribution in [0.1, 0.15) is 16.1 Å². The van der Waals surface area contributed by atoms with E-state index in [0.717, 1.165) is 0 Å². The lowest BCUT2D eigenvalue weighted by atomic mass is 10.2. The minimum absolute atomic E-state index is 0.177. The Morgan fingerprint density at radius 1 is 1.60 bits per heavy atom. The molecule has 1 aromatic heterocycles. The molecule has 1 heterocycles. The number of nitrogens with two attached hydrogens (primary N) is 1. The molecule has 0 fully saturated rings.